The lowest BCUT2D eigenvalue weighted by Crippen LogP contribution is -2.47. The average molecular weight is 347 g/mol. The molecule has 1 aromatic carbocycles. The molecule has 1 saturated heterocycles. The number of halogens is 1. The Morgan fingerprint density at radius 1 is 1.33 bits per heavy atom. The normalized spacial score (nSPS) is 19.6. The van der Waals surface area contributed by atoms with Crippen LogP contribution < -0.4 is 10.6 Å². The highest BCUT2D eigenvalue weighted by Gasteiger charge is 2.35. The van der Waals surface area contributed by atoms with Gasteiger partial charge < -0.3 is 15.5 Å². The van der Waals surface area contributed by atoms with Crippen LogP contribution in [0.2, 0.25) is 5.02 Å². The molecule has 0 spiro atoms. The number of likely N-dealkylation sites (tertiary alicyclic amines) is 1. The van der Waals surface area contributed by atoms with Gasteiger partial charge in [0.05, 0.1) is 0 Å². The lowest BCUT2D eigenvalue weighted by molar-refractivity contribution is -0.136. The van der Waals surface area contributed by atoms with E-state index in [-0.39, 0.29) is 11.8 Å². The fourth-order valence-electron chi connectivity index (χ4n) is 2.86. The van der Waals surface area contributed by atoms with E-state index in [4.69, 9.17) is 11.6 Å². The predicted molar refractivity (Wildman–Crippen MR) is 92.6 cm³/mol. The van der Waals surface area contributed by atoms with Crippen LogP contribution in [0.15, 0.2) is 41.0 Å². The number of benzene rings is 1. The minimum absolute atomic E-state index is 0.124. The van der Waals surface area contributed by atoms with E-state index in [1.54, 1.807) is 29.3 Å². The summed E-state index contributed by atoms with van der Waals surface area (Å²) in [5.74, 6) is -0.272. The standard InChI is InChI=1S/C17H19ClN4O2/c18-13-5-3-12(4-6-13)10-20-16(23)15-2-1-9-22(15)17(24)14-7-8-19-11-21-14/h3-8,15,21H,1-2,9-11H2,(H,20,23)/t15-/m0/s1. The van der Waals surface area contributed by atoms with Gasteiger partial charge in [0.2, 0.25) is 5.91 Å². The van der Waals surface area contributed by atoms with E-state index in [0.29, 0.717) is 36.9 Å². The molecule has 1 fully saturated rings. The van der Waals surface area contributed by atoms with Crippen LogP contribution in [0.4, 0.5) is 0 Å². The third-order valence-electron chi connectivity index (χ3n) is 4.13. The summed E-state index contributed by atoms with van der Waals surface area (Å²) in [7, 11) is 0. The molecule has 6 nitrogen and oxygen atoms in total. The first kappa shape index (κ1) is 16.5. The fourth-order valence-corrected chi connectivity index (χ4v) is 2.99. The van der Waals surface area contributed by atoms with Crippen molar-refractivity contribution in [2.75, 3.05) is 13.2 Å². The molecule has 2 N–H and O–H groups in total. The first-order chi connectivity index (χ1) is 11.6. The van der Waals surface area contributed by atoms with Crippen molar-refractivity contribution in [3.8, 4) is 0 Å². The topological polar surface area (TPSA) is 73.8 Å². The second-order valence-electron chi connectivity index (χ2n) is 5.75. The van der Waals surface area contributed by atoms with Gasteiger partial charge in [0.1, 0.15) is 18.4 Å². The maximum Gasteiger partial charge on any atom is 0.270 e. The molecule has 24 heavy (non-hydrogen) atoms. The van der Waals surface area contributed by atoms with Crippen molar-refractivity contribution in [2.45, 2.75) is 25.4 Å². The molecule has 0 aromatic heterocycles. The van der Waals surface area contributed by atoms with E-state index in [1.165, 1.54) is 0 Å². The number of hydrogen-bond donors (Lipinski definition) is 2. The van der Waals surface area contributed by atoms with Gasteiger partial charge in [-0.1, -0.05) is 23.7 Å². The highest BCUT2D eigenvalue weighted by molar-refractivity contribution is 6.30. The minimum Gasteiger partial charge on any atom is -0.362 e. The zero-order chi connectivity index (χ0) is 16.9. The van der Waals surface area contributed by atoms with Crippen LogP contribution >= 0.6 is 11.6 Å². The Bertz CT molecular complexity index is 684. The second-order valence-corrected chi connectivity index (χ2v) is 6.18. The summed E-state index contributed by atoms with van der Waals surface area (Å²) in [6, 6.07) is 6.90. The van der Waals surface area contributed by atoms with Crippen molar-refractivity contribution in [1.29, 1.82) is 0 Å². The highest BCUT2D eigenvalue weighted by Crippen LogP contribution is 2.20. The molecule has 0 aliphatic carbocycles. The van der Waals surface area contributed by atoms with Gasteiger partial charge >= 0.3 is 0 Å². The van der Waals surface area contributed by atoms with Crippen LogP contribution in [0.25, 0.3) is 0 Å². The zero-order valence-corrected chi connectivity index (χ0v) is 13.9. The number of amides is 2. The minimum atomic E-state index is -0.425. The van der Waals surface area contributed by atoms with Gasteiger partial charge in [-0.15, -0.1) is 0 Å². The number of aliphatic imine (C=N–C) groups is 1. The van der Waals surface area contributed by atoms with Crippen LogP contribution in [0.1, 0.15) is 18.4 Å². The van der Waals surface area contributed by atoms with Crippen LogP contribution in [0.5, 0.6) is 0 Å². The van der Waals surface area contributed by atoms with Gasteiger partial charge in [0.25, 0.3) is 5.91 Å². The molecule has 0 bridgehead atoms. The summed E-state index contributed by atoms with van der Waals surface area (Å²) in [6.07, 6.45) is 4.76. The van der Waals surface area contributed by atoms with Crippen molar-refractivity contribution >= 4 is 29.6 Å². The van der Waals surface area contributed by atoms with Crippen LogP contribution in [-0.4, -0.2) is 42.2 Å². The number of hydrogen-bond acceptors (Lipinski definition) is 4. The summed E-state index contributed by atoms with van der Waals surface area (Å²) in [5.41, 5.74) is 1.46. The van der Waals surface area contributed by atoms with E-state index in [0.717, 1.165) is 12.0 Å². The summed E-state index contributed by atoms with van der Waals surface area (Å²) in [4.78, 5) is 30.7. The van der Waals surface area contributed by atoms with Gasteiger partial charge in [0.15, 0.2) is 0 Å². The Balaban J connectivity index is 1.61. The Kier molecular flexibility index (Phi) is 5.15. The van der Waals surface area contributed by atoms with Crippen LogP contribution in [-0.2, 0) is 16.1 Å². The number of rotatable bonds is 4. The summed E-state index contributed by atoms with van der Waals surface area (Å²) in [6.45, 7) is 1.40. The molecule has 7 heteroatoms. The van der Waals surface area contributed by atoms with Crippen molar-refractivity contribution in [3.05, 3.63) is 46.6 Å². The second kappa shape index (κ2) is 7.49. The molecule has 2 heterocycles. The Morgan fingerprint density at radius 2 is 2.12 bits per heavy atom. The van der Waals surface area contributed by atoms with E-state index in [1.807, 2.05) is 12.1 Å². The highest BCUT2D eigenvalue weighted by atomic mass is 35.5. The first-order valence-electron chi connectivity index (χ1n) is 7.92. The third kappa shape index (κ3) is 3.76. The van der Waals surface area contributed by atoms with Crippen molar-refractivity contribution in [2.24, 2.45) is 4.99 Å². The molecule has 0 radical (unpaired) electrons. The number of nitrogens with one attached hydrogen (secondary N) is 2. The summed E-state index contributed by atoms with van der Waals surface area (Å²) in [5, 5.41) is 6.51. The largest absolute Gasteiger partial charge is 0.362 e. The Hall–Kier alpha value is -2.34. The Labute approximate surface area is 145 Å². The van der Waals surface area contributed by atoms with Gasteiger partial charge in [-0.25, -0.2) is 0 Å². The molecule has 1 aromatic rings. The third-order valence-corrected chi connectivity index (χ3v) is 4.39. The maximum absolute atomic E-state index is 12.6. The quantitative estimate of drug-likeness (QED) is 0.867. The molecule has 2 amide bonds. The molecule has 0 unspecified atom stereocenters. The van der Waals surface area contributed by atoms with Crippen LogP contribution in [0, 0.1) is 0 Å². The first-order valence-corrected chi connectivity index (χ1v) is 8.30. The van der Waals surface area contributed by atoms with E-state index in [2.05, 4.69) is 15.6 Å². The number of allylic oxidation sites excluding steroid dienone is 1. The Morgan fingerprint density at radius 3 is 2.83 bits per heavy atom. The summed E-state index contributed by atoms with van der Waals surface area (Å²) < 4.78 is 0. The molecular formula is C17H19ClN4O2. The van der Waals surface area contributed by atoms with Gasteiger partial charge in [-0.2, -0.15) is 0 Å². The lowest BCUT2D eigenvalue weighted by Gasteiger charge is -2.25. The van der Waals surface area contributed by atoms with Gasteiger partial charge in [0, 0.05) is 24.3 Å². The number of carbonyl (C=O) groups excluding carboxylic acids is 2. The number of nitrogens with zero attached hydrogens (tertiary/aromatic N) is 2. The SMILES string of the molecule is O=C(NCc1ccc(Cl)cc1)[C@@H]1CCCN1C(=O)C1=CC=NCN1. The molecule has 2 aliphatic heterocycles. The van der Waals surface area contributed by atoms with E-state index < -0.39 is 6.04 Å². The molecule has 3 rings (SSSR count). The molecular weight excluding hydrogens is 328 g/mol. The van der Waals surface area contributed by atoms with Crippen molar-refractivity contribution in [1.82, 2.24) is 15.5 Å². The van der Waals surface area contributed by atoms with E-state index >= 15 is 0 Å². The van der Waals surface area contributed by atoms with Crippen molar-refractivity contribution in [3.63, 3.8) is 0 Å². The zero-order valence-electron chi connectivity index (χ0n) is 13.2. The maximum atomic E-state index is 12.6. The number of carbonyl (C=O) groups is 2. The predicted octanol–water partition coefficient (Wildman–Crippen LogP) is 1.46. The monoisotopic (exact) mass is 346 g/mol. The molecule has 2 aliphatic rings. The molecule has 0 saturated carbocycles. The average Bonchev–Trinajstić information content (AvgIpc) is 3.11. The summed E-state index contributed by atoms with van der Waals surface area (Å²) >= 11 is 5.85. The van der Waals surface area contributed by atoms with Gasteiger partial charge in [-0.3, -0.25) is 14.6 Å². The van der Waals surface area contributed by atoms with Gasteiger partial charge in [-0.05, 0) is 36.6 Å². The smallest absolute Gasteiger partial charge is 0.270 e. The lowest BCUT2D eigenvalue weighted by atomic mass is 10.1. The fraction of sp³-hybridized carbons (Fsp3) is 0.353. The molecule has 126 valence electrons. The molecule has 1 atom stereocenters. The van der Waals surface area contributed by atoms with E-state index in [9.17, 15) is 9.59 Å². The van der Waals surface area contributed by atoms with Crippen molar-refractivity contribution < 1.29 is 9.59 Å². The van der Waals surface area contributed by atoms with Crippen LogP contribution in [0.3, 0.4) is 0 Å².